The summed E-state index contributed by atoms with van der Waals surface area (Å²) in [7, 11) is 0. The number of piperidine rings is 1. The highest BCUT2D eigenvalue weighted by atomic mass is 35.5. The summed E-state index contributed by atoms with van der Waals surface area (Å²) in [5, 5.41) is 9.26. The average molecular weight is 483 g/mol. The highest BCUT2D eigenvalue weighted by molar-refractivity contribution is 6.33. The van der Waals surface area contributed by atoms with E-state index < -0.39 is 0 Å². The van der Waals surface area contributed by atoms with Gasteiger partial charge in [-0.3, -0.25) is 9.48 Å². The minimum Gasteiger partial charge on any atom is -0.461 e. The lowest BCUT2D eigenvalue weighted by Crippen LogP contribution is -2.39. The first-order valence-corrected chi connectivity index (χ1v) is 12.1. The van der Waals surface area contributed by atoms with Crippen LogP contribution in [0.15, 0.2) is 34.9 Å². The molecule has 1 saturated heterocycles. The molecule has 0 N–H and O–H groups in total. The highest BCUT2D eigenvalue weighted by Crippen LogP contribution is 2.42. The van der Waals surface area contributed by atoms with Crippen LogP contribution in [-0.2, 0) is 4.74 Å². The fraction of sp³-hybridized carbons (Fsp3) is 0.440. The van der Waals surface area contributed by atoms with Gasteiger partial charge in [0.1, 0.15) is 17.0 Å². The molecule has 0 radical (unpaired) electrons. The zero-order valence-corrected chi connectivity index (χ0v) is 20.0. The van der Waals surface area contributed by atoms with Crippen LogP contribution in [0.2, 0.25) is 5.02 Å². The largest absolute Gasteiger partial charge is 0.461 e. The molecule has 1 aliphatic heterocycles. The van der Waals surface area contributed by atoms with Crippen molar-refractivity contribution < 1.29 is 18.8 Å². The molecule has 0 bridgehead atoms. The summed E-state index contributed by atoms with van der Waals surface area (Å²) in [6.07, 6.45) is 3.73. The van der Waals surface area contributed by atoms with Crippen LogP contribution in [0.3, 0.4) is 0 Å². The molecule has 1 aliphatic carbocycles. The number of hydrogen-bond donors (Lipinski definition) is 0. The lowest BCUT2D eigenvalue weighted by molar-refractivity contribution is 0.0517. The number of hydrogen-bond acceptors (Lipinski definition) is 6. The minimum atomic E-state index is -0.384. The van der Waals surface area contributed by atoms with E-state index in [1.807, 2.05) is 33.8 Å². The first-order valence-electron chi connectivity index (χ1n) is 11.7. The second-order valence-corrected chi connectivity index (χ2v) is 9.27. The molecule has 1 amide bonds. The number of carbonyl (C=O) groups is 2. The maximum atomic E-state index is 13.5. The third-order valence-corrected chi connectivity index (χ3v) is 6.88. The summed E-state index contributed by atoms with van der Waals surface area (Å²) in [5.41, 5.74) is 3.07. The first-order chi connectivity index (χ1) is 16.5. The Hall–Kier alpha value is -3.13. The Morgan fingerprint density at radius 2 is 1.91 bits per heavy atom. The van der Waals surface area contributed by atoms with Crippen LogP contribution in [0.1, 0.15) is 76.9 Å². The van der Waals surface area contributed by atoms with Crippen LogP contribution in [0, 0.1) is 6.92 Å². The van der Waals surface area contributed by atoms with E-state index in [0.717, 1.165) is 31.4 Å². The lowest BCUT2D eigenvalue weighted by atomic mass is 10.0. The van der Waals surface area contributed by atoms with Crippen LogP contribution in [0.25, 0.3) is 11.3 Å². The van der Waals surface area contributed by atoms with Crippen molar-refractivity contribution in [1.29, 1.82) is 0 Å². The maximum absolute atomic E-state index is 13.5. The number of rotatable bonds is 6. The zero-order valence-electron chi connectivity index (χ0n) is 19.3. The summed E-state index contributed by atoms with van der Waals surface area (Å²) >= 11 is 6.36. The van der Waals surface area contributed by atoms with Gasteiger partial charge in [0, 0.05) is 30.3 Å². The zero-order chi connectivity index (χ0) is 23.8. The highest BCUT2D eigenvalue weighted by Gasteiger charge is 2.35. The van der Waals surface area contributed by atoms with Crippen molar-refractivity contribution in [3.63, 3.8) is 0 Å². The standard InChI is InChI=1S/C25H27ClN4O4/c1-3-33-25(32)20-14-21(16-8-9-16)30(27-20)17-10-12-29(13-11-17)24(31)22-15(2)34-28-23(22)18-6-4-5-7-19(18)26/h4-7,14,16-17H,3,8-13H2,1-2H3. The second-order valence-electron chi connectivity index (χ2n) is 8.86. The predicted molar refractivity (Wildman–Crippen MR) is 126 cm³/mol. The van der Waals surface area contributed by atoms with E-state index in [4.69, 9.17) is 20.9 Å². The van der Waals surface area contributed by atoms with Gasteiger partial charge in [-0.2, -0.15) is 5.10 Å². The van der Waals surface area contributed by atoms with Gasteiger partial charge < -0.3 is 14.2 Å². The van der Waals surface area contributed by atoms with Crippen molar-refractivity contribution in [2.24, 2.45) is 0 Å². The van der Waals surface area contributed by atoms with Crippen molar-refractivity contribution in [1.82, 2.24) is 19.8 Å². The molecule has 5 rings (SSSR count). The summed E-state index contributed by atoms with van der Waals surface area (Å²) in [4.78, 5) is 27.6. The Bertz CT molecular complexity index is 1220. The molecule has 2 aliphatic rings. The van der Waals surface area contributed by atoms with Gasteiger partial charge in [0.05, 0.1) is 17.7 Å². The van der Waals surface area contributed by atoms with Crippen LogP contribution < -0.4 is 0 Å². The van der Waals surface area contributed by atoms with Crippen LogP contribution in [0.4, 0.5) is 0 Å². The average Bonchev–Trinajstić information content (AvgIpc) is 3.47. The van der Waals surface area contributed by atoms with Gasteiger partial charge in [-0.1, -0.05) is 35.0 Å². The van der Waals surface area contributed by atoms with Gasteiger partial charge in [0.15, 0.2) is 5.69 Å². The number of halogens is 1. The van der Waals surface area contributed by atoms with Gasteiger partial charge in [-0.05, 0) is 51.7 Å². The number of esters is 1. The number of likely N-dealkylation sites (tertiary alicyclic amines) is 1. The maximum Gasteiger partial charge on any atom is 0.358 e. The van der Waals surface area contributed by atoms with E-state index in [-0.39, 0.29) is 17.9 Å². The predicted octanol–water partition coefficient (Wildman–Crippen LogP) is 5.03. The smallest absolute Gasteiger partial charge is 0.358 e. The molecule has 178 valence electrons. The van der Waals surface area contributed by atoms with E-state index >= 15 is 0 Å². The molecule has 9 heteroatoms. The van der Waals surface area contributed by atoms with Gasteiger partial charge >= 0.3 is 5.97 Å². The molecule has 0 unspecified atom stereocenters. The Kier molecular flexibility index (Phi) is 6.16. The van der Waals surface area contributed by atoms with E-state index in [1.54, 1.807) is 19.9 Å². The molecule has 34 heavy (non-hydrogen) atoms. The molecular weight excluding hydrogens is 456 g/mol. The van der Waals surface area contributed by atoms with Crippen molar-refractivity contribution in [2.75, 3.05) is 19.7 Å². The molecular formula is C25H27ClN4O4. The van der Waals surface area contributed by atoms with E-state index in [2.05, 4.69) is 10.3 Å². The number of carbonyl (C=O) groups excluding carboxylic acids is 2. The monoisotopic (exact) mass is 482 g/mol. The number of nitrogens with zero attached hydrogens (tertiary/aromatic N) is 4. The molecule has 0 spiro atoms. The third kappa shape index (κ3) is 4.22. The Balaban J connectivity index is 1.33. The fourth-order valence-electron chi connectivity index (χ4n) is 4.62. The molecule has 1 aromatic carbocycles. The molecule has 2 aromatic heterocycles. The Labute approximate surface area is 202 Å². The number of aromatic nitrogens is 3. The molecule has 0 atom stereocenters. The fourth-order valence-corrected chi connectivity index (χ4v) is 4.85. The summed E-state index contributed by atoms with van der Waals surface area (Å²) in [5.74, 6) is 0.436. The van der Waals surface area contributed by atoms with Crippen molar-refractivity contribution >= 4 is 23.5 Å². The second kappa shape index (κ2) is 9.25. The number of benzene rings is 1. The molecule has 2 fully saturated rings. The topological polar surface area (TPSA) is 90.5 Å². The van der Waals surface area contributed by atoms with Crippen molar-refractivity contribution in [2.45, 2.75) is 51.5 Å². The lowest BCUT2D eigenvalue weighted by Gasteiger charge is -2.33. The van der Waals surface area contributed by atoms with Crippen LogP contribution >= 0.6 is 11.6 Å². The van der Waals surface area contributed by atoms with Crippen molar-refractivity contribution in [3.8, 4) is 11.3 Å². The number of aryl methyl sites for hydroxylation is 1. The SMILES string of the molecule is CCOC(=O)c1cc(C2CC2)n(C2CCN(C(=O)c3c(-c4ccccc4Cl)noc3C)CC2)n1. The quantitative estimate of drug-likeness (QED) is 0.457. The minimum absolute atomic E-state index is 0.109. The van der Waals surface area contributed by atoms with Gasteiger partial charge in [-0.25, -0.2) is 4.79 Å². The summed E-state index contributed by atoms with van der Waals surface area (Å²) in [6.45, 7) is 5.01. The van der Waals surface area contributed by atoms with E-state index in [1.165, 1.54) is 0 Å². The Morgan fingerprint density at radius 1 is 1.18 bits per heavy atom. The summed E-state index contributed by atoms with van der Waals surface area (Å²) in [6, 6.07) is 9.31. The summed E-state index contributed by atoms with van der Waals surface area (Å²) < 4.78 is 12.5. The Morgan fingerprint density at radius 3 is 2.59 bits per heavy atom. The van der Waals surface area contributed by atoms with Crippen LogP contribution in [-0.4, -0.2) is 51.4 Å². The van der Waals surface area contributed by atoms with E-state index in [9.17, 15) is 9.59 Å². The first kappa shape index (κ1) is 22.7. The van der Waals surface area contributed by atoms with Gasteiger partial charge in [0.2, 0.25) is 0 Å². The number of amides is 1. The molecule has 1 saturated carbocycles. The molecule has 3 heterocycles. The van der Waals surface area contributed by atoms with Crippen LogP contribution in [0.5, 0.6) is 0 Å². The number of ether oxygens (including phenoxy) is 1. The van der Waals surface area contributed by atoms with Gasteiger partial charge in [0.25, 0.3) is 5.91 Å². The normalized spacial score (nSPS) is 16.6. The third-order valence-electron chi connectivity index (χ3n) is 6.55. The van der Waals surface area contributed by atoms with Gasteiger partial charge in [-0.15, -0.1) is 0 Å². The van der Waals surface area contributed by atoms with Crippen molar-refractivity contribution in [3.05, 3.63) is 58.1 Å². The van der Waals surface area contributed by atoms with E-state index in [0.29, 0.717) is 58.9 Å². The molecule has 3 aromatic rings. The molecule has 8 nitrogen and oxygen atoms in total.